The third kappa shape index (κ3) is 3.85. The zero-order chi connectivity index (χ0) is 15.5. The van der Waals surface area contributed by atoms with Crippen LogP contribution in [0.2, 0.25) is 0 Å². The van der Waals surface area contributed by atoms with Gasteiger partial charge in [-0.25, -0.2) is 0 Å². The molecule has 0 bridgehead atoms. The van der Waals surface area contributed by atoms with Crippen LogP contribution < -0.4 is 4.74 Å². The summed E-state index contributed by atoms with van der Waals surface area (Å²) in [7, 11) is 0. The first kappa shape index (κ1) is 15.6. The van der Waals surface area contributed by atoms with Crippen LogP contribution >= 0.6 is 0 Å². The second kappa shape index (κ2) is 6.31. The zero-order valence-electron chi connectivity index (χ0n) is 13.3. The Bertz CT molecular complexity index is 566. The number of hydrogen-bond donors (Lipinski definition) is 1. The van der Waals surface area contributed by atoms with E-state index in [0.717, 1.165) is 23.5 Å². The molecule has 2 heteroatoms. The molecule has 0 fully saturated rings. The van der Waals surface area contributed by atoms with Gasteiger partial charge in [-0.2, -0.15) is 0 Å². The van der Waals surface area contributed by atoms with E-state index in [0.29, 0.717) is 0 Å². The Morgan fingerprint density at radius 1 is 0.952 bits per heavy atom. The largest absolute Gasteiger partial charge is 0.457 e. The maximum absolute atomic E-state index is 9.49. The highest BCUT2D eigenvalue weighted by Crippen LogP contribution is 2.29. The van der Waals surface area contributed by atoms with E-state index < -0.39 is 6.10 Å². The Morgan fingerprint density at radius 2 is 1.43 bits per heavy atom. The van der Waals surface area contributed by atoms with Gasteiger partial charge in [0.15, 0.2) is 0 Å². The molecule has 2 nitrogen and oxygen atoms in total. The molecule has 2 aromatic carbocycles. The second-order valence-electron chi connectivity index (χ2n) is 6.11. The van der Waals surface area contributed by atoms with Crippen molar-refractivity contribution in [2.24, 2.45) is 0 Å². The summed E-state index contributed by atoms with van der Waals surface area (Å²) in [6.45, 7) is 8.45. The van der Waals surface area contributed by atoms with E-state index in [2.05, 4.69) is 32.9 Å². The molecule has 0 amide bonds. The number of rotatable bonds is 5. The van der Waals surface area contributed by atoms with Crippen molar-refractivity contribution in [2.45, 2.75) is 45.6 Å². The number of ether oxygens (including phenoxy) is 1. The Hall–Kier alpha value is -1.80. The Labute approximate surface area is 127 Å². The van der Waals surface area contributed by atoms with Crippen molar-refractivity contribution in [2.75, 3.05) is 0 Å². The molecule has 0 aromatic heterocycles. The van der Waals surface area contributed by atoms with Crippen LogP contribution in [-0.2, 0) is 5.41 Å². The fourth-order valence-corrected chi connectivity index (χ4v) is 2.13. The molecule has 1 atom stereocenters. The van der Waals surface area contributed by atoms with Gasteiger partial charge < -0.3 is 9.84 Å². The summed E-state index contributed by atoms with van der Waals surface area (Å²) in [4.78, 5) is 0. The summed E-state index contributed by atoms with van der Waals surface area (Å²) in [5.74, 6) is 1.61. The molecule has 2 aromatic rings. The quantitative estimate of drug-likeness (QED) is 0.815. The molecule has 2 rings (SSSR count). The van der Waals surface area contributed by atoms with E-state index >= 15 is 0 Å². The van der Waals surface area contributed by atoms with Crippen molar-refractivity contribution >= 4 is 0 Å². The second-order valence-corrected chi connectivity index (χ2v) is 6.11. The van der Waals surface area contributed by atoms with Crippen LogP contribution in [0.5, 0.6) is 11.5 Å². The van der Waals surface area contributed by atoms with Crippen LogP contribution in [0.25, 0.3) is 0 Å². The van der Waals surface area contributed by atoms with Gasteiger partial charge in [0.25, 0.3) is 0 Å². The summed E-state index contributed by atoms with van der Waals surface area (Å²) < 4.78 is 5.83. The first-order chi connectivity index (χ1) is 9.92. The average molecular weight is 284 g/mol. The van der Waals surface area contributed by atoms with Gasteiger partial charge in [0.05, 0.1) is 6.10 Å². The third-order valence-corrected chi connectivity index (χ3v) is 4.12. The molecular formula is C19H24O2. The lowest BCUT2D eigenvalue weighted by atomic mass is 9.82. The highest BCUT2D eigenvalue weighted by Gasteiger charge is 2.17. The molecule has 0 heterocycles. The minimum Gasteiger partial charge on any atom is -0.457 e. The van der Waals surface area contributed by atoms with Crippen LogP contribution in [0, 0.1) is 0 Å². The lowest BCUT2D eigenvalue weighted by Gasteiger charge is -2.23. The fraction of sp³-hybridized carbons (Fsp3) is 0.368. The molecule has 112 valence electrons. The van der Waals surface area contributed by atoms with Gasteiger partial charge in [-0.3, -0.25) is 0 Å². The molecular weight excluding hydrogens is 260 g/mol. The molecule has 0 spiro atoms. The van der Waals surface area contributed by atoms with Gasteiger partial charge in [0.2, 0.25) is 0 Å². The summed E-state index contributed by atoms with van der Waals surface area (Å²) in [5.41, 5.74) is 2.40. The van der Waals surface area contributed by atoms with Crippen molar-refractivity contribution in [3.8, 4) is 11.5 Å². The summed E-state index contributed by atoms with van der Waals surface area (Å²) in [5, 5.41) is 9.49. The maximum atomic E-state index is 9.49. The van der Waals surface area contributed by atoms with Crippen molar-refractivity contribution in [1.29, 1.82) is 0 Å². The maximum Gasteiger partial charge on any atom is 0.127 e. The van der Waals surface area contributed by atoms with Gasteiger partial charge in [-0.05, 0) is 54.2 Å². The standard InChI is InChI=1S/C19H24O2/c1-5-19(3,4)16-8-12-18(13-9-16)21-17-10-6-15(7-11-17)14(2)20/h6-14,20H,5H2,1-4H3. The molecule has 0 radical (unpaired) electrons. The fourth-order valence-electron chi connectivity index (χ4n) is 2.13. The van der Waals surface area contributed by atoms with Gasteiger partial charge in [0, 0.05) is 0 Å². The molecule has 0 saturated heterocycles. The molecule has 0 aliphatic heterocycles. The van der Waals surface area contributed by atoms with Gasteiger partial charge in [-0.1, -0.05) is 45.0 Å². The lowest BCUT2D eigenvalue weighted by Crippen LogP contribution is -2.14. The van der Waals surface area contributed by atoms with Crippen LogP contribution in [-0.4, -0.2) is 5.11 Å². The zero-order valence-corrected chi connectivity index (χ0v) is 13.3. The van der Waals surface area contributed by atoms with E-state index in [9.17, 15) is 5.11 Å². The number of aliphatic hydroxyl groups is 1. The average Bonchev–Trinajstić information content (AvgIpc) is 2.48. The molecule has 21 heavy (non-hydrogen) atoms. The topological polar surface area (TPSA) is 29.5 Å². The van der Waals surface area contributed by atoms with Crippen molar-refractivity contribution in [1.82, 2.24) is 0 Å². The van der Waals surface area contributed by atoms with Crippen LogP contribution in [0.1, 0.15) is 51.3 Å². The van der Waals surface area contributed by atoms with Crippen LogP contribution in [0.15, 0.2) is 48.5 Å². The minimum atomic E-state index is -0.449. The smallest absolute Gasteiger partial charge is 0.127 e. The monoisotopic (exact) mass is 284 g/mol. The van der Waals surface area contributed by atoms with Crippen molar-refractivity contribution in [3.63, 3.8) is 0 Å². The summed E-state index contributed by atoms with van der Waals surface area (Å²) >= 11 is 0. The highest BCUT2D eigenvalue weighted by molar-refractivity contribution is 5.36. The van der Waals surface area contributed by atoms with Crippen LogP contribution in [0.4, 0.5) is 0 Å². The first-order valence-corrected chi connectivity index (χ1v) is 7.49. The third-order valence-electron chi connectivity index (χ3n) is 4.12. The van der Waals surface area contributed by atoms with Gasteiger partial charge in [0.1, 0.15) is 11.5 Å². The normalized spacial score (nSPS) is 13.0. The van der Waals surface area contributed by atoms with Gasteiger partial charge in [-0.15, -0.1) is 0 Å². The predicted molar refractivity (Wildman–Crippen MR) is 86.9 cm³/mol. The Kier molecular flexibility index (Phi) is 4.69. The molecule has 0 saturated carbocycles. The number of hydrogen-bond acceptors (Lipinski definition) is 2. The summed E-state index contributed by atoms with van der Waals surface area (Å²) in [6.07, 6.45) is 0.656. The van der Waals surface area contributed by atoms with E-state index in [-0.39, 0.29) is 5.41 Å². The first-order valence-electron chi connectivity index (χ1n) is 7.49. The Morgan fingerprint density at radius 3 is 1.86 bits per heavy atom. The van der Waals surface area contributed by atoms with Crippen molar-refractivity contribution < 1.29 is 9.84 Å². The van der Waals surface area contributed by atoms with E-state index in [4.69, 9.17) is 4.74 Å². The Balaban J connectivity index is 2.10. The molecule has 1 unspecified atom stereocenters. The van der Waals surface area contributed by atoms with Crippen molar-refractivity contribution in [3.05, 3.63) is 59.7 Å². The molecule has 0 aliphatic carbocycles. The molecule has 0 aliphatic rings. The van der Waals surface area contributed by atoms with Crippen LogP contribution in [0.3, 0.4) is 0 Å². The van der Waals surface area contributed by atoms with E-state index in [1.54, 1.807) is 6.92 Å². The van der Waals surface area contributed by atoms with E-state index in [1.807, 2.05) is 36.4 Å². The van der Waals surface area contributed by atoms with Gasteiger partial charge >= 0.3 is 0 Å². The highest BCUT2D eigenvalue weighted by atomic mass is 16.5. The van der Waals surface area contributed by atoms with E-state index in [1.165, 1.54) is 5.56 Å². The summed E-state index contributed by atoms with van der Waals surface area (Å²) in [6, 6.07) is 15.8. The lowest BCUT2D eigenvalue weighted by molar-refractivity contribution is 0.199. The SMILES string of the molecule is CCC(C)(C)c1ccc(Oc2ccc(C(C)O)cc2)cc1. The number of aliphatic hydroxyl groups excluding tert-OH is 1. The number of benzene rings is 2. The minimum absolute atomic E-state index is 0.192. The molecule has 1 N–H and O–H groups in total. The predicted octanol–water partition coefficient (Wildman–Crippen LogP) is 5.22.